The Morgan fingerprint density at radius 1 is 1.10 bits per heavy atom. The number of aryl methyl sites for hydroxylation is 1. The summed E-state index contributed by atoms with van der Waals surface area (Å²) in [5.74, 6) is 1.05. The van der Waals surface area contributed by atoms with Gasteiger partial charge in [-0.05, 0) is 88.1 Å². The molecule has 0 saturated carbocycles. The van der Waals surface area contributed by atoms with Gasteiger partial charge in [0.2, 0.25) is 5.91 Å². The Labute approximate surface area is 192 Å². The van der Waals surface area contributed by atoms with Crippen LogP contribution in [0, 0.1) is 6.92 Å². The summed E-state index contributed by atoms with van der Waals surface area (Å²) in [6.07, 6.45) is 2.28. The minimum atomic E-state index is 0.154. The van der Waals surface area contributed by atoms with Crippen LogP contribution in [0.4, 0.5) is 5.13 Å². The molecule has 0 saturated heterocycles. The maximum Gasteiger partial charge on any atom is 0.228 e. The molecule has 0 radical (unpaired) electrons. The van der Waals surface area contributed by atoms with Gasteiger partial charge in [-0.15, -0.1) is 11.8 Å². The number of amides is 1. The number of hydrogen-bond donors (Lipinski definition) is 0. The zero-order valence-electron chi connectivity index (χ0n) is 17.7. The van der Waals surface area contributed by atoms with E-state index in [4.69, 9.17) is 16.6 Å². The van der Waals surface area contributed by atoms with Crippen molar-refractivity contribution in [2.75, 3.05) is 37.8 Å². The Morgan fingerprint density at radius 2 is 1.87 bits per heavy atom. The van der Waals surface area contributed by atoms with E-state index in [1.165, 1.54) is 10.5 Å². The van der Waals surface area contributed by atoms with E-state index >= 15 is 0 Å². The van der Waals surface area contributed by atoms with Crippen molar-refractivity contribution in [3.63, 3.8) is 0 Å². The molecule has 0 N–H and O–H groups in total. The van der Waals surface area contributed by atoms with Crippen molar-refractivity contribution in [2.24, 2.45) is 0 Å². The molecule has 0 atom stereocenters. The minimum absolute atomic E-state index is 0.154. The highest BCUT2D eigenvalue weighted by atomic mass is 35.5. The van der Waals surface area contributed by atoms with E-state index in [9.17, 15) is 4.79 Å². The molecule has 1 amide bonds. The van der Waals surface area contributed by atoms with Crippen molar-refractivity contribution in [3.05, 3.63) is 53.1 Å². The van der Waals surface area contributed by atoms with Crippen LogP contribution in [0.2, 0.25) is 5.02 Å². The summed E-state index contributed by atoms with van der Waals surface area (Å²) in [6, 6.07) is 14.1. The molecule has 0 unspecified atom stereocenters. The van der Waals surface area contributed by atoms with E-state index in [1.807, 2.05) is 35.2 Å². The second kappa shape index (κ2) is 11.1. The number of rotatable bonds is 10. The van der Waals surface area contributed by atoms with Gasteiger partial charge in [0.25, 0.3) is 0 Å². The number of anilines is 1. The van der Waals surface area contributed by atoms with Crippen LogP contribution in [-0.2, 0) is 4.79 Å². The summed E-state index contributed by atoms with van der Waals surface area (Å²) in [5.41, 5.74) is 2.17. The number of aromatic nitrogens is 1. The molecular weight excluding hydrogens is 434 g/mol. The smallest absolute Gasteiger partial charge is 0.228 e. The van der Waals surface area contributed by atoms with E-state index < -0.39 is 0 Å². The lowest BCUT2D eigenvalue weighted by molar-refractivity contribution is -0.118. The number of nitrogens with zero attached hydrogens (tertiary/aromatic N) is 3. The third-order valence-electron chi connectivity index (χ3n) is 4.67. The molecule has 1 heterocycles. The normalized spacial score (nSPS) is 11.4. The molecule has 0 aliphatic rings. The Balaban J connectivity index is 1.62. The van der Waals surface area contributed by atoms with Gasteiger partial charge in [0.1, 0.15) is 0 Å². The maximum absolute atomic E-state index is 13.1. The molecule has 4 nitrogen and oxygen atoms in total. The van der Waals surface area contributed by atoms with Crippen LogP contribution >= 0.6 is 34.7 Å². The SMILES string of the molecule is Cc1ccc2nc(N(CCCN(C)C)C(=O)CCCSc3ccc(Cl)cc3)sc2c1. The molecule has 2 aromatic carbocycles. The van der Waals surface area contributed by atoms with Crippen LogP contribution in [-0.4, -0.2) is 48.7 Å². The van der Waals surface area contributed by atoms with E-state index in [2.05, 4.69) is 38.1 Å². The average Bonchev–Trinajstić information content (AvgIpc) is 3.12. The average molecular weight is 462 g/mol. The van der Waals surface area contributed by atoms with Crippen LogP contribution in [0.25, 0.3) is 10.2 Å². The van der Waals surface area contributed by atoms with Crippen molar-refractivity contribution in [1.82, 2.24) is 9.88 Å². The molecule has 0 bridgehead atoms. The number of halogens is 1. The van der Waals surface area contributed by atoms with E-state index in [1.54, 1.807) is 23.1 Å². The summed E-state index contributed by atoms with van der Waals surface area (Å²) in [4.78, 5) is 23.0. The first-order valence-electron chi connectivity index (χ1n) is 10.1. The van der Waals surface area contributed by atoms with Crippen molar-refractivity contribution >= 4 is 56.0 Å². The molecular formula is C23H28ClN3OS2. The maximum atomic E-state index is 13.1. The number of thiazole rings is 1. The third kappa shape index (κ3) is 6.71. The van der Waals surface area contributed by atoms with Gasteiger partial charge in [-0.2, -0.15) is 0 Å². The molecule has 3 aromatic rings. The van der Waals surface area contributed by atoms with Crippen LogP contribution in [0.3, 0.4) is 0 Å². The van der Waals surface area contributed by atoms with Gasteiger partial charge in [-0.25, -0.2) is 4.98 Å². The third-order valence-corrected chi connectivity index (χ3v) is 7.06. The summed E-state index contributed by atoms with van der Waals surface area (Å²) < 4.78 is 1.13. The fourth-order valence-electron chi connectivity index (χ4n) is 3.09. The Bertz CT molecular complexity index is 972. The van der Waals surface area contributed by atoms with Crippen LogP contribution in [0.5, 0.6) is 0 Å². The highest BCUT2D eigenvalue weighted by Gasteiger charge is 2.19. The molecule has 3 rings (SSSR count). The van der Waals surface area contributed by atoms with Crippen molar-refractivity contribution in [3.8, 4) is 0 Å². The van der Waals surface area contributed by atoms with Gasteiger partial charge in [0, 0.05) is 22.9 Å². The molecule has 0 spiro atoms. The van der Waals surface area contributed by atoms with Gasteiger partial charge in [0.15, 0.2) is 5.13 Å². The number of benzene rings is 2. The lowest BCUT2D eigenvalue weighted by Crippen LogP contribution is -2.33. The summed E-state index contributed by atoms with van der Waals surface area (Å²) in [6.45, 7) is 3.72. The van der Waals surface area contributed by atoms with Gasteiger partial charge in [0.05, 0.1) is 10.2 Å². The minimum Gasteiger partial charge on any atom is -0.309 e. The Morgan fingerprint density at radius 3 is 2.60 bits per heavy atom. The quantitative estimate of drug-likeness (QED) is 0.269. The Kier molecular flexibility index (Phi) is 8.57. The number of carbonyl (C=O) groups is 1. The molecule has 0 aliphatic carbocycles. The van der Waals surface area contributed by atoms with E-state index in [0.29, 0.717) is 13.0 Å². The second-order valence-corrected chi connectivity index (χ2v) is 10.2. The number of fused-ring (bicyclic) bond motifs is 1. The van der Waals surface area contributed by atoms with Gasteiger partial charge < -0.3 is 4.90 Å². The van der Waals surface area contributed by atoms with E-state index in [0.717, 1.165) is 45.5 Å². The highest BCUT2D eigenvalue weighted by Crippen LogP contribution is 2.30. The monoisotopic (exact) mass is 461 g/mol. The zero-order valence-corrected chi connectivity index (χ0v) is 20.1. The molecule has 0 aliphatic heterocycles. The van der Waals surface area contributed by atoms with Crippen molar-refractivity contribution in [1.29, 1.82) is 0 Å². The first kappa shape index (κ1) is 23.1. The molecule has 1 aromatic heterocycles. The molecule has 0 fully saturated rings. The number of hydrogen-bond acceptors (Lipinski definition) is 5. The second-order valence-electron chi connectivity index (χ2n) is 7.58. The fraction of sp³-hybridized carbons (Fsp3) is 0.391. The van der Waals surface area contributed by atoms with Crippen molar-refractivity contribution in [2.45, 2.75) is 31.1 Å². The topological polar surface area (TPSA) is 36.4 Å². The summed E-state index contributed by atoms with van der Waals surface area (Å²) >= 11 is 9.30. The lowest BCUT2D eigenvalue weighted by atomic mass is 10.2. The zero-order chi connectivity index (χ0) is 21.5. The predicted molar refractivity (Wildman–Crippen MR) is 131 cm³/mol. The van der Waals surface area contributed by atoms with Crippen LogP contribution in [0.1, 0.15) is 24.8 Å². The van der Waals surface area contributed by atoms with E-state index in [-0.39, 0.29) is 5.91 Å². The highest BCUT2D eigenvalue weighted by molar-refractivity contribution is 7.99. The van der Waals surface area contributed by atoms with Gasteiger partial charge in [-0.1, -0.05) is 29.0 Å². The van der Waals surface area contributed by atoms with Crippen LogP contribution in [0.15, 0.2) is 47.4 Å². The fourth-order valence-corrected chi connectivity index (χ4v) is 5.17. The lowest BCUT2D eigenvalue weighted by Gasteiger charge is -2.21. The summed E-state index contributed by atoms with van der Waals surface area (Å²) in [5, 5.41) is 1.55. The predicted octanol–water partition coefficient (Wildman–Crippen LogP) is 6.12. The standard InChI is InChI=1S/C23H28ClN3OS2/c1-17-7-12-20-21(16-17)30-23(25-20)27(14-5-13-26(2)3)22(28)6-4-15-29-19-10-8-18(24)9-11-19/h7-12,16H,4-6,13-15H2,1-3H3. The van der Waals surface area contributed by atoms with Gasteiger partial charge >= 0.3 is 0 Å². The number of thioether (sulfide) groups is 1. The van der Waals surface area contributed by atoms with Gasteiger partial charge in [-0.3, -0.25) is 9.69 Å². The molecule has 160 valence electrons. The Hall–Kier alpha value is -1.60. The molecule has 30 heavy (non-hydrogen) atoms. The number of carbonyl (C=O) groups excluding carboxylic acids is 1. The first-order valence-corrected chi connectivity index (χ1v) is 12.3. The van der Waals surface area contributed by atoms with Crippen molar-refractivity contribution < 1.29 is 4.79 Å². The summed E-state index contributed by atoms with van der Waals surface area (Å²) in [7, 11) is 4.11. The molecule has 7 heteroatoms. The van der Waals surface area contributed by atoms with Crippen LogP contribution < -0.4 is 4.90 Å². The first-order chi connectivity index (χ1) is 14.4. The largest absolute Gasteiger partial charge is 0.309 e.